The number of likely N-dealkylation sites (N-methyl/N-ethyl adjacent to an activating group) is 1. The van der Waals surface area contributed by atoms with E-state index < -0.39 is 0 Å². The highest BCUT2D eigenvalue weighted by Crippen LogP contribution is 2.15. The van der Waals surface area contributed by atoms with Gasteiger partial charge in [0.2, 0.25) is 0 Å². The van der Waals surface area contributed by atoms with Crippen LogP contribution < -0.4 is 5.32 Å². The van der Waals surface area contributed by atoms with Gasteiger partial charge in [0, 0.05) is 18.6 Å². The van der Waals surface area contributed by atoms with Gasteiger partial charge in [-0.05, 0) is 45.7 Å². The number of hydrogen-bond donors (Lipinski definition) is 1. The highest BCUT2D eigenvalue weighted by molar-refractivity contribution is 4.81. The summed E-state index contributed by atoms with van der Waals surface area (Å²) in [6.07, 6.45) is 7.08. The zero-order chi connectivity index (χ0) is 11.1. The Hall–Kier alpha value is -0.340. The first-order chi connectivity index (χ1) is 7.27. The minimum Gasteiger partial charge on any atom is -0.313 e. The van der Waals surface area contributed by atoms with Gasteiger partial charge in [0.15, 0.2) is 0 Å². The Morgan fingerprint density at radius 1 is 1.60 bits per heavy atom. The van der Waals surface area contributed by atoms with Crippen molar-refractivity contribution in [1.82, 2.24) is 10.2 Å². The van der Waals surface area contributed by atoms with Crippen LogP contribution in [0, 0.1) is 0 Å². The van der Waals surface area contributed by atoms with Crippen molar-refractivity contribution in [3.8, 4) is 0 Å². The van der Waals surface area contributed by atoms with Crippen molar-refractivity contribution in [3.63, 3.8) is 0 Å². The van der Waals surface area contributed by atoms with E-state index in [0.29, 0.717) is 6.04 Å². The lowest BCUT2D eigenvalue weighted by Gasteiger charge is -2.24. The highest BCUT2D eigenvalue weighted by Gasteiger charge is 2.22. The van der Waals surface area contributed by atoms with Crippen LogP contribution in [0.5, 0.6) is 0 Å². The molecule has 0 aromatic rings. The Morgan fingerprint density at radius 3 is 3.07 bits per heavy atom. The molecule has 0 aliphatic carbocycles. The smallest absolute Gasteiger partial charge is 0.0221 e. The predicted octanol–water partition coefficient (Wildman–Crippen LogP) is 2.42. The first-order valence-corrected chi connectivity index (χ1v) is 6.36. The van der Waals surface area contributed by atoms with E-state index in [9.17, 15) is 0 Å². The van der Waals surface area contributed by atoms with E-state index in [2.05, 4.69) is 30.6 Å². The van der Waals surface area contributed by atoms with Gasteiger partial charge < -0.3 is 5.32 Å². The summed E-state index contributed by atoms with van der Waals surface area (Å²) in [7, 11) is 0. The molecule has 1 aliphatic heterocycles. The molecule has 88 valence electrons. The van der Waals surface area contributed by atoms with Gasteiger partial charge in [-0.3, -0.25) is 4.90 Å². The second-order valence-electron chi connectivity index (χ2n) is 4.60. The van der Waals surface area contributed by atoms with Crippen LogP contribution >= 0.6 is 0 Å². The van der Waals surface area contributed by atoms with Crippen molar-refractivity contribution in [2.24, 2.45) is 0 Å². The third-order valence-electron chi connectivity index (χ3n) is 3.41. The minimum atomic E-state index is 0.627. The second kappa shape index (κ2) is 7.02. The number of rotatable bonds is 7. The Kier molecular flexibility index (Phi) is 5.96. The van der Waals surface area contributed by atoms with Gasteiger partial charge in [0.25, 0.3) is 0 Å². The predicted molar refractivity (Wildman–Crippen MR) is 67.2 cm³/mol. The molecule has 0 amide bonds. The van der Waals surface area contributed by atoms with E-state index in [0.717, 1.165) is 19.0 Å². The van der Waals surface area contributed by atoms with E-state index >= 15 is 0 Å². The number of nitrogens with zero attached hydrogens (tertiary/aromatic N) is 1. The first kappa shape index (κ1) is 12.7. The average Bonchev–Trinajstić information content (AvgIpc) is 2.70. The van der Waals surface area contributed by atoms with Crippen LogP contribution in [0.2, 0.25) is 0 Å². The van der Waals surface area contributed by atoms with E-state index in [1.54, 1.807) is 0 Å². The Bertz CT molecular complexity index is 179. The van der Waals surface area contributed by atoms with Crippen LogP contribution in [0.15, 0.2) is 12.7 Å². The molecular formula is C13H26N2. The molecule has 1 saturated heterocycles. The SMILES string of the molecule is C=CCC[C@@H](C)NC[C@@H]1CCCN1CC. The molecular weight excluding hydrogens is 184 g/mol. The minimum absolute atomic E-state index is 0.627. The van der Waals surface area contributed by atoms with Crippen molar-refractivity contribution in [2.45, 2.75) is 51.6 Å². The first-order valence-electron chi connectivity index (χ1n) is 6.36. The molecule has 15 heavy (non-hydrogen) atoms. The standard InChI is InChI=1S/C13H26N2/c1-4-6-8-12(3)14-11-13-9-7-10-15(13)5-2/h4,12-14H,1,5-11H2,2-3H3/t12-,13+/m1/s1. The molecule has 0 radical (unpaired) electrons. The molecule has 2 nitrogen and oxygen atoms in total. The lowest BCUT2D eigenvalue weighted by atomic mass is 10.1. The lowest BCUT2D eigenvalue weighted by Crippen LogP contribution is -2.40. The van der Waals surface area contributed by atoms with E-state index in [1.165, 1.54) is 32.4 Å². The molecule has 1 fully saturated rings. The lowest BCUT2D eigenvalue weighted by molar-refractivity contribution is 0.254. The summed E-state index contributed by atoms with van der Waals surface area (Å²) in [5.41, 5.74) is 0. The number of nitrogens with one attached hydrogen (secondary N) is 1. The van der Waals surface area contributed by atoms with Gasteiger partial charge in [-0.2, -0.15) is 0 Å². The van der Waals surface area contributed by atoms with Crippen LogP contribution in [-0.2, 0) is 0 Å². The molecule has 1 rings (SSSR count). The van der Waals surface area contributed by atoms with Crippen molar-refractivity contribution < 1.29 is 0 Å². The van der Waals surface area contributed by atoms with Gasteiger partial charge in [-0.25, -0.2) is 0 Å². The molecule has 0 saturated carbocycles. The summed E-state index contributed by atoms with van der Waals surface area (Å²) in [5.74, 6) is 0. The normalized spacial score (nSPS) is 24.3. The topological polar surface area (TPSA) is 15.3 Å². The van der Waals surface area contributed by atoms with Crippen molar-refractivity contribution >= 4 is 0 Å². The summed E-state index contributed by atoms with van der Waals surface area (Å²) in [6.45, 7) is 12.0. The Labute approximate surface area is 94.7 Å². The van der Waals surface area contributed by atoms with Crippen molar-refractivity contribution in [3.05, 3.63) is 12.7 Å². The summed E-state index contributed by atoms with van der Waals surface area (Å²) >= 11 is 0. The zero-order valence-corrected chi connectivity index (χ0v) is 10.3. The fourth-order valence-electron chi connectivity index (χ4n) is 2.35. The van der Waals surface area contributed by atoms with Crippen LogP contribution in [0.25, 0.3) is 0 Å². The summed E-state index contributed by atoms with van der Waals surface area (Å²) in [6, 6.07) is 1.41. The molecule has 0 aromatic carbocycles. The monoisotopic (exact) mass is 210 g/mol. The Morgan fingerprint density at radius 2 is 2.40 bits per heavy atom. The number of hydrogen-bond acceptors (Lipinski definition) is 2. The maximum Gasteiger partial charge on any atom is 0.0221 e. The summed E-state index contributed by atoms with van der Waals surface area (Å²) in [5, 5.41) is 3.63. The summed E-state index contributed by atoms with van der Waals surface area (Å²) < 4.78 is 0. The van der Waals surface area contributed by atoms with E-state index in [1.807, 2.05) is 6.08 Å². The van der Waals surface area contributed by atoms with Crippen LogP contribution in [-0.4, -0.2) is 36.6 Å². The molecule has 0 aromatic heterocycles. The van der Waals surface area contributed by atoms with Gasteiger partial charge in [0.05, 0.1) is 0 Å². The average molecular weight is 210 g/mol. The molecule has 1 aliphatic rings. The number of allylic oxidation sites excluding steroid dienone is 1. The van der Waals surface area contributed by atoms with Crippen LogP contribution in [0.1, 0.15) is 39.5 Å². The fraction of sp³-hybridized carbons (Fsp3) is 0.846. The zero-order valence-electron chi connectivity index (χ0n) is 10.3. The molecule has 1 heterocycles. The molecule has 1 N–H and O–H groups in total. The fourth-order valence-corrected chi connectivity index (χ4v) is 2.35. The maximum atomic E-state index is 3.76. The highest BCUT2D eigenvalue weighted by atomic mass is 15.2. The van der Waals surface area contributed by atoms with Crippen molar-refractivity contribution in [1.29, 1.82) is 0 Å². The largest absolute Gasteiger partial charge is 0.313 e. The summed E-state index contributed by atoms with van der Waals surface area (Å²) in [4.78, 5) is 2.59. The second-order valence-corrected chi connectivity index (χ2v) is 4.60. The number of likely N-dealkylation sites (tertiary alicyclic amines) is 1. The molecule has 0 bridgehead atoms. The maximum absolute atomic E-state index is 3.76. The van der Waals surface area contributed by atoms with Crippen LogP contribution in [0.3, 0.4) is 0 Å². The molecule has 2 heteroatoms. The van der Waals surface area contributed by atoms with Gasteiger partial charge >= 0.3 is 0 Å². The van der Waals surface area contributed by atoms with Gasteiger partial charge in [-0.1, -0.05) is 13.0 Å². The van der Waals surface area contributed by atoms with Gasteiger partial charge in [-0.15, -0.1) is 6.58 Å². The molecule has 0 spiro atoms. The third-order valence-corrected chi connectivity index (χ3v) is 3.41. The van der Waals surface area contributed by atoms with E-state index in [4.69, 9.17) is 0 Å². The van der Waals surface area contributed by atoms with E-state index in [-0.39, 0.29) is 0 Å². The van der Waals surface area contributed by atoms with Gasteiger partial charge in [0.1, 0.15) is 0 Å². The quantitative estimate of drug-likeness (QED) is 0.649. The Balaban J connectivity index is 2.15. The van der Waals surface area contributed by atoms with Crippen molar-refractivity contribution in [2.75, 3.05) is 19.6 Å². The molecule has 0 unspecified atom stereocenters. The van der Waals surface area contributed by atoms with Crippen LogP contribution in [0.4, 0.5) is 0 Å². The third kappa shape index (κ3) is 4.35. The molecule has 2 atom stereocenters.